The largest absolute Gasteiger partial charge is 0.448 e. The van der Waals surface area contributed by atoms with E-state index in [0.29, 0.717) is 13.2 Å². The predicted molar refractivity (Wildman–Crippen MR) is 90.4 cm³/mol. The topological polar surface area (TPSA) is 29.5 Å². The normalized spacial score (nSPS) is 16.1. The van der Waals surface area contributed by atoms with Crippen LogP contribution in [0.25, 0.3) is 11.1 Å². The number of nitrogens with zero attached hydrogens (tertiary/aromatic N) is 1. The van der Waals surface area contributed by atoms with Crippen molar-refractivity contribution >= 4 is 6.09 Å². The molecule has 1 amide bonds. The molecule has 1 aliphatic carbocycles. The van der Waals surface area contributed by atoms with Crippen LogP contribution in [0.4, 0.5) is 4.79 Å². The summed E-state index contributed by atoms with van der Waals surface area (Å²) in [4.78, 5) is 14.0. The van der Waals surface area contributed by atoms with Crippen molar-refractivity contribution in [1.29, 1.82) is 0 Å². The molecule has 0 N–H and O–H groups in total. The Labute approximate surface area is 136 Å². The van der Waals surface area contributed by atoms with E-state index in [2.05, 4.69) is 54.6 Å². The van der Waals surface area contributed by atoms with Crippen molar-refractivity contribution < 1.29 is 9.53 Å². The molecular weight excluding hydrogens is 286 g/mol. The summed E-state index contributed by atoms with van der Waals surface area (Å²) in [5, 5.41) is 0. The summed E-state index contributed by atoms with van der Waals surface area (Å²) >= 11 is 0. The lowest BCUT2D eigenvalue weighted by atomic mass is 9.98. The summed E-state index contributed by atoms with van der Waals surface area (Å²) in [6.07, 6.45) is 4.82. The minimum Gasteiger partial charge on any atom is -0.448 e. The number of benzene rings is 2. The van der Waals surface area contributed by atoms with Crippen molar-refractivity contribution in [3.63, 3.8) is 0 Å². The molecule has 116 valence electrons. The third-order valence-corrected chi connectivity index (χ3v) is 4.65. The SMILES string of the molecule is O=C(OCC1c2ccccc2-c2ccccc21)N1CC=CCC1. The zero-order valence-electron chi connectivity index (χ0n) is 12.9. The van der Waals surface area contributed by atoms with Gasteiger partial charge in [0, 0.05) is 19.0 Å². The number of carbonyl (C=O) groups is 1. The molecule has 0 atom stereocenters. The highest BCUT2D eigenvalue weighted by atomic mass is 16.6. The Morgan fingerprint density at radius 2 is 1.65 bits per heavy atom. The number of ether oxygens (including phenoxy) is 1. The van der Waals surface area contributed by atoms with E-state index < -0.39 is 0 Å². The van der Waals surface area contributed by atoms with Gasteiger partial charge in [-0.15, -0.1) is 0 Å². The molecule has 1 heterocycles. The van der Waals surface area contributed by atoms with Crippen LogP contribution in [0.1, 0.15) is 23.5 Å². The third-order valence-electron chi connectivity index (χ3n) is 4.65. The molecule has 0 unspecified atom stereocenters. The summed E-state index contributed by atoms with van der Waals surface area (Å²) in [5.74, 6) is 0.131. The molecule has 1 aliphatic heterocycles. The van der Waals surface area contributed by atoms with E-state index in [1.807, 2.05) is 6.08 Å². The van der Waals surface area contributed by atoms with Crippen LogP contribution in [0.2, 0.25) is 0 Å². The first-order chi connectivity index (χ1) is 11.3. The van der Waals surface area contributed by atoms with E-state index in [4.69, 9.17) is 4.74 Å². The van der Waals surface area contributed by atoms with Crippen LogP contribution >= 0.6 is 0 Å². The summed E-state index contributed by atoms with van der Waals surface area (Å²) in [7, 11) is 0. The van der Waals surface area contributed by atoms with Crippen LogP contribution in [-0.4, -0.2) is 30.7 Å². The molecule has 4 rings (SSSR count). The second kappa shape index (κ2) is 5.92. The average molecular weight is 305 g/mol. The number of rotatable bonds is 2. The highest BCUT2D eigenvalue weighted by Gasteiger charge is 2.29. The number of hydrogen-bond donors (Lipinski definition) is 0. The summed E-state index contributed by atoms with van der Waals surface area (Å²) in [6, 6.07) is 16.8. The molecule has 23 heavy (non-hydrogen) atoms. The monoisotopic (exact) mass is 305 g/mol. The van der Waals surface area contributed by atoms with Crippen molar-refractivity contribution in [2.45, 2.75) is 12.3 Å². The first kappa shape index (κ1) is 14.1. The third kappa shape index (κ3) is 2.52. The van der Waals surface area contributed by atoms with E-state index in [-0.39, 0.29) is 12.0 Å². The zero-order chi connectivity index (χ0) is 15.6. The maximum absolute atomic E-state index is 12.2. The van der Waals surface area contributed by atoms with Crippen LogP contribution in [0.5, 0.6) is 0 Å². The fraction of sp³-hybridized carbons (Fsp3) is 0.250. The number of hydrogen-bond acceptors (Lipinski definition) is 2. The van der Waals surface area contributed by atoms with Crippen molar-refractivity contribution in [1.82, 2.24) is 4.90 Å². The number of fused-ring (bicyclic) bond motifs is 3. The average Bonchev–Trinajstić information content (AvgIpc) is 2.94. The maximum Gasteiger partial charge on any atom is 0.410 e. The zero-order valence-corrected chi connectivity index (χ0v) is 12.9. The van der Waals surface area contributed by atoms with Crippen molar-refractivity contribution in [3.05, 3.63) is 71.8 Å². The Morgan fingerprint density at radius 3 is 2.26 bits per heavy atom. The Morgan fingerprint density at radius 1 is 1.00 bits per heavy atom. The highest BCUT2D eigenvalue weighted by molar-refractivity contribution is 5.79. The maximum atomic E-state index is 12.2. The summed E-state index contributed by atoms with van der Waals surface area (Å²) in [5.41, 5.74) is 5.01. The van der Waals surface area contributed by atoms with Crippen molar-refractivity contribution in [2.75, 3.05) is 19.7 Å². The Bertz CT molecular complexity index is 720. The van der Waals surface area contributed by atoms with E-state index in [9.17, 15) is 4.79 Å². The quantitative estimate of drug-likeness (QED) is 0.778. The second-order valence-electron chi connectivity index (χ2n) is 6.01. The minimum absolute atomic E-state index is 0.131. The number of carbonyl (C=O) groups excluding carboxylic acids is 1. The standard InChI is InChI=1S/C20H19NO2/c22-20(21-12-6-1-7-13-21)23-14-19-17-10-4-2-8-15(17)16-9-3-5-11-18(16)19/h1-6,8-11,19H,7,12-14H2. The van der Waals surface area contributed by atoms with Crippen LogP contribution in [0.3, 0.4) is 0 Å². The Balaban J connectivity index is 1.55. The van der Waals surface area contributed by atoms with Crippen molar-refractivity contribution in [2.24, 2.45) is 0 Å². The molecule has 0 aromatic heterocycles. The van der Waals surface area contributed by atoms with Crippen LogP contribution in [0, 0.1) is 0 Å². The molecule has 0 fully saturated rings. The van der Waals surface area contributed by atoms with Gasteiger partial charge in [-0.1, -0.05) is 60.7 Å². The van der Waals surface area contributed by atoms with Crippen molar-refractivity contribution in [3.8, 4) is 11.1 Å². The van der Waals surface area contributed by atoms with E-state index in [1.165, 1.54) is 22.3 Å². The molecule has 0 saturated carbocycles. The fourth-order valence-corrected chi connectivity index (χ4v) is 3.49. The first-order valence-electron chi connectivity index (χ1n) is 8.09. The summed E-state index contributed by atoms with van der Waals surface area (Å²) in [6.45, 7) is 1.79. The van der Waals surface area contributed by atoms with Gasteiger partial charge in [-0.25, -0.2) is 4.79 Å². The van der Waals surface area contributed by atoms with E-state index in [0.717, 1.165) is 13.0 Å². The Hall–Kier alpha value is -2.55. The molecular formula is C20H19NO2. The highest BCUT2D eigenvalue weighted by Crippen LogP contribution is 2.44. The molecule has 3 nitrogen and oxygen atoms in total. The molecule has 2 aromatic rings. The molecule has 3 heteroatoms. The number of amides is 1. The van der Waals surface area contributed by atoms with Gasteiger partial charge in [0.1, 0.15) is 6.61 Å². The van der Waals surface area contributed by atoms with Gasteiger partial charge in [0.25, 0.3) is 0 Å². The smallest absolute Gasteiger partial charge is 0.410 e. The molecule has 2 aliphatic rings. The van der Waals surface area contributed by atoms with Gasteiger partial charge in [0.15, 0.2) is 0 Å². The molecule has 0 radical (unpaired) electrons. The van der Waals surface area contributed by atoms with Gasteiger partial charge in [0.2, 0.25) is 0 Å². The molecule has 0 spiro atoms. The predicted octanol–water partition coefficient (Wildman–Crippen LogP) is 4.20. The van der Waals surface area contributed by atoms with Crippen LogP contribution < -0.4 is 0 Å². The molecule has 0 saturated heterocycles. The van der Waals surface area contributed by atoms with Gasteiger partial charge < -0.3 is 9.64 Å². The lowest BCUT2D eigenvalue weighted by Crippen LogP contribution is -2.35. The lowest BCUT2D eigenvalue weighted by Gasteiger charge is -2.24. The van der Waals surface area contributed by atoms with Gasteiger partial charge in [-0.3, -0.25) is 0 Å². The second-order valence-corrected chi connectivity index (χ2v) is 6.01. The lowest BCUT2D eigenvalue weighted by molar-refractivity contribution is 0.103. The van der Waals surface area contributed by atoms with Gasteiger partial charge >= 0.3 is 6.09 Å². The summed E-state index contributed by atoms with van der Waals surface area (Å²) < 4.78 is 5.63. The molecule has 2 aromatic carbocycles. The van der Waals surface area contributed by atoms with Gasteiger partial charge in [-0.05, 0) is 28.7 Å². The fourth-order valence-electron chi connectivity index (χ4n) is 3.49. The first-order valence-corrected chi connectivity index (χ1v) is 8.09. The molecule has 0 bridgehead atoms. The van der Waals surface area contributed by atoms with Gasteiger partial charge in [-0.2, -0.15) is 0 Å². The van der Waals surface area contributed by atoms with Crippen LogP contribution in [-0.2, 0) is 4.74 Å². The Kier molecular flexibility index (Phi) is 3.62. The van der Waals surface area contributed by atoms with Gasteiger partial charge in [0.05, 0.1) is 0 Å². The van der Waals surface area contributed by atoms with E-state index in [1.54, 1.807) is 4.90 Å². The van der Waals surface area contributed by atoms with Crippen LogP contribution in [0.15, 0.2) is 60.7 Å². The minimum atomic E-state index is -0.212. The van der Waals surface area contributed by atoms with E-state index >= 15 is 0 Å².